The van der Waals surface area contributed by atoms with E-state index < -0.39 is 23.9 Å². The van der Waals surface area contributed by atoms with E-state index in [0.717, 1.165) is 0 Å². The summed E-state index contributed by atoms with van der Waals surface area (Å²) in [5, 5.41) is 5.75. The molecule has 0 spiro atoms. The van der Waals surface area contributed by atoms with E-state index >= 15 is 0 Å². The number of hydrogen-bond acceptors (Lipinski definition) is 3. The number of likely N-dealkylation sites (N-methyl/N-ethyl adjacent to an activating group) is 1. The Hall–Kier alpha value is -3.42. The monoisotopic (exact) mass is 470 g/mol. The molecule has 3 amide bonds. The van der Waals surface area contributed by atoms with Crippen LogP contribution >= 0.6 is 23.2 Å². The van der Waals surface area contributed by atoms with Gasteiger partial charge in [-0.2, -0.15) is 0 Å². The molecule has 0 radical (unpaired) electrons. The zero-order valence-electron chi connectivity index (χ0n) is 16.8. The maximum Gasteiger partial charge on any atom is 0.321 e. The van der Waals surface area contributed by atoms with E-state index in [1.165, 1.54) is 23.1 Å². The summed E-state index contributed by atoms with van der Waals surface area (Å²) in [7, 11) is 1.57. The number of benzodiazepines with no additional fused rings is 1. The lowest BCUT2D eigenvalue weighted by molar-refractivity contribution is -0.119. The van der Waals surface area contributed by atoms with Gasteiger partial charge in [0.2, 0.25) is 6.17 Å². The number of amides is 3. The fraction of sp³-hybridized carbons (Fsp3) is 0.0870. The van der Waals surface area contributed by atoms with Gasteiger partial charge in [-0.15, -0.1) is 0 Å². The summed E-state index contributed by atoms with van der Waals surface area (Å²) in [4.78, 5) is 31.6. The number of anilines is 2. The van der Waals surface area contributed by atoms with Crippen molar-refractivity contribution in [1.82, 2.24) is 5.32 Å². The summed E-state index contributed by atoms with van der Waals surface area (Å²) < 4.78 is 14.6. The Bertz CT molecular complexity index is 1250. The van der Waals surface area contributed by atoms with Crippen LogP contribution in [-0.4, -0.2) is 30.9 Å². The van der Waals surface area contributed by atoms with Gasteiger partial charge in [0.15, 0.2) is 0 Å². The first-order chi connectivity index (χ1) is 15.3. The molecule has 2 N–H and O–H groups in total. The van der Waals surface area contributed by atoms with Crippen LogP contribution in [0.1, 0.15) is 11.1 Å². The number of aliphatic imine (C=N–C) groups is 1. The maximum absolute atomic E-state index is 14.6. The Morgan fingerprint density at radius 1 is 1.03 bits per heavy atom. The van der Waals surface area contributed by atoms with Crippen molar-refractivity contribution < 1.29 is 14.0 Å². The van der Waals surface area contributed by atoms with Gasteiger partial charge in [-0.05, 0) is 36.4 Å². The number of urea groups is 1. The van der Waals surface area contributed by atoms with Crippen molar-refractivity contribution in [2.45, 2.75) is 6.17 Å². The lowest BCUT2D eigenvalue weighted by atomic mass is 10.00. The highest BCUT2D eigenvalue weighted by Gasteiger charge is 2.31. The number of fused-ring (bicyclic) bond motifs is 1. The lowest BCUT2D eigenvalue weighted by Crippen LogP contribution is -2.47. The fourth-order valence-electron chi connectivity index (χ4n) is 3.36. The zero-order chi connectivity index (χ0) is 22.8. The highest BCUT2D eigenvalue weighted by molar-refractivity contribution is 6.35. The van der Waals surface area contributed by atoms with E-state index in [4.69, 9.17) is 23.2 Å². The number of carbonyl (C=O) groups is 2. The molecule has 1 atom stereocenters. The van der Waals surface area contributed by atoms with Gasteiger partial charge in [-0.3, -0.25) is 4.79 Å². The summed E-state index contributed by atoms with van der Waals surface area (Å²) in [6, 6.07) is 17.0. The van der Waals surface area contributed by atoms with Crippen LogP contribution in [0.4, 0.5) is 20.6 Å². The Morgan fingerprint density at radius 2 is 1.72 bits per heavy atom. The van der Waals surface area contributed by atoms with Crippen molar-refractivity contribution in [1.29, 1.82) is 0 Å². The average molecular weight is 471 g/mol. The van der Waals surface area contributed by atoms with Crippen LogP contribution in [0.15, 0.2) is 71.7 Å². The summed E-state index contributed by atoms with van der Waals surface area (Å²) in [6.45, 7) is 0. The number of nitrogens with one attached hydrogen (secondary N) is 2. The lowest BCUT2D eigenvalue weighted by Gasteiger charge is -2.21. The molecule has 3 aromatic rings. The molecular weight excluding hydrogens is 454 g/mol. The first kappa shape index (κ1) is 21.8. The van der Waals surface area contributed by atoms with Gasteiger partial charge >= 0.3 is 6.03 Å². The van der Waals surface area contributed by atoms with E-state index in [1.54, 1.807) is 55.6 Å². The number of carbonyl (C=O) groups excluding carboxylic acids is 2. The van der Waals surface area contributed by atoms with Crippen LogP contribution in [0, 0.1) is 5.82 Å². The summed E-state index contributed by atoms with van der Waals surface area (Å²) in [6.07, 6.45) is -1.31. The van der Waals surface area contributed by atoms with Gasteiger partial charge in [-0.25, -0.2) is 14.2 Å². The van der Waals surface area contributed by atoms with Crippen molar-refractivity contribution >= 4 is 52.2 Å². The van der Waals surface area contributed by atoms with E-state index in [2.05, 4.69) is 15.6 Å². The molecule has 162 valence electrons. The van der Waals surface area contributed by atoms with Gasteiger partial charge in [0.1, 0.15) is 5.82 Å². The first-order valence-electron chi connectivity index (χ1n) is 9.57. The predicted octanol–water partition coefficient (Wildman–Crippen LogP) is 5.09. The predicted molar refractivity (Wildman–Crippen MR) is 124 cm³/mol. The number of para-hydroxylation sites is 1. The summed E-state index contributed by atoms with van der Waals surface area (Å²) in [5.74, 6) is -0.983. The molecule has 4 rings (SSSR count). The van der Waals surface area contributed by atoms with Crippen LogP contribution in [0.5, 0.6) is 0 Å². The summed E-state index contributed by atoms with van der Waals surface area (Å²) >= 11 is 12.1. The van der Waals surface area contributed by atoms with E-state index in [9.17, 15) is 14.0 Å². The molecule has 0 saturated carbocycles. The molecule has 32 heavy (non-hydrogen) atoms. The Morgan fingerprint density at radius 3 is 2.47 bits per heavy atom. The fourth-order valence-corrected chi connectivity index (χ4v) is 3.70. The Balaban J connectivity index is 1.72. The third-order valence-electron chi connectivity index (χ3n) is 4.92. The smallest absolute Gasteiger partial charge is 0.311 e. The number of benzene rings is 3. The second-order valence-electron chi connectivity index (χ2n) is 7.00. The number of rotatable bonds is 3. The topological polar surface area (TPSA) is 73.8 Å². The second-order valence-corrected chi connectivity index (χ2v) is 7.84. The maximum atomic E-state index is 14.6. The largest absolute Gasteiger partial charge is 0.321 e. The molecule has 6 nitrogen and oxygen atoms in total. The highest BCUT2D eigenvalue weighted by Crippen LogP contribution is 2.28. The van der Waals surface area contributed by atoms with Gasteiger partial charge in [0.05, 0.1) is 22.1 Å². The second kappa shape index (κ2) is 8.98. The molecular formula is C23H17Cl2FN4O2. The molecule has 0 aromatic heterocycles. The van der Waals surface area contributed by atoms with Gasteiger partial charge in [0, 0.05) is 23.2 Å². The standard InChI is InChI=1S/C23H17Cl2FN4O2/c1-30-19-9-5-3-7-15(19)20(14-6-2-4-8-17(14)26)28-21(22(30)31)29-23(32)27-18-12-13(24)10-11-16(18)25/h2-12,21H,1H3,(H2,27,29,32). The van der Waals surface area contributed by atoms with Gasteiger partial charge in [-0.1, -0.05) is 53.5 Å². The molecule has 9 heteroatoms. The number of halogens is 3. The quantitative estimate of drug-likeness (QED) is 0.558. The molecule has 1 unspecified atom stereocenters. The van der Waals surface area contributed by atoms with Gasteiger partial charge < -0.3 is 15.5 Å². The Labute approximate surface area is 193 Å². The normalized spacial score (nSPS) is 15.5. The molecule has 1 aliphatic rings. The number of nitrogens with zero attached hydrogens (tertiary/aromatic N) is 2. The molecule has 0 saturated heterocycles. The average Bonchev–Trinajstić information content (AvgIpc) is 2.87. The number of hydrogen-bond donors (Lipinski definition) is 2. The van der Waals surface area contributed by atoms with Crippen LogP contribution < -0.4 is 15.5 Å². The molecule has 3 aromatic carbocycles. The highest BCUT2D eigenvalue weighted by atomic mass is 35.5. The van der Waals surface area contributed by atoms with Gasteiger partial charge in [0.25, 0.3) is 5.91 Å². The van der Waals surface area contributed by atoms with Crippen molar-refractivity contribution in [2.75, 3.05) is 17.3 Å². The minimum Gasteiger partial charge on any atom is -0.311 e. The Kier molecular flexibility index (Phi) is 6.12. The molecule has 1 heterocycles. The molecule has 1 aliphatic heterocycles. The van der Waals surface area contributed by atoms with Crippen LogP contribution in [0.25, 0.3) is 0 Å². The van der Waals surface area contributed by atoms with Crippen molar-refractivity contribution in [3.63, 3.8) is 0 Å². The third kappa shape index (κ3) is 4.30. The van der Waals surface area contributed by atoms with Crippen LogP contribution in [0.2, 0.25) is 10.0 Å². The van der Waals surface area contributed by atoms with Crippen molar-refractivity contribution in [3.05, 3.63) is 93.7 Å². The summed E-state index contributed by atoms with van der Waals surface area (Å²) in [5.41, 5.74) is 1.85. The molecule has 0 aliphatic carbocycles. The minimum absolute atomic E-state index is 0.216. The molecule has 0 fully saturated rings. The van der Waals surface area contributed by atoms with E-state index in [0.29, 0.717) is 16.3 Å². The van der Waals surface area contributed by atoms with Crippen molar-refractivity contribution in [2.24, 2.45) is 4.99 Å². The van der Waals surface area contributed by atoms with E-state index in [1.807, 2.05) is 0 Å². The van der Waals surface area contributed by atoms with Crippen LogP contribution in [-0.2, 0) is 4.79 Å². The third-order valence-corrected chi connectivity index (χ3v) is 5.48. The van der Waals surface area contributed by atoms with Crippen LogP contribution in [0.3, 0.4) is 0 Å². The zero-order valence-corrected chi connectivity index (χ0v) is 18.3. The van der Waals surface area contributed by atoms with Crippen molar-refractivity contribution in [3.8, 4) is 0 Å². The first-order valence-corrected chi connectivity index (χ1v) is 10.3. The van der Waals surface area contributed by atoms with E-state index in [-0.39, 0.29) is 22.0 Å². The molecule has 0 bridgehead atoms. The minimum atomic E-state index is -1.31. The SMILES string of the molecule is CN1C(=O)C(NC(=O)Nc2cc(Cl)ccc2Cl)N=C(c2ccccc2F)c2ccccc21.